The number of pyridine rings is 1. The van der Waals surface area contributed by atoms with E-state index in [1.165, 1.54) is 17.3 Å². The SMILES string of the molecule is O=C(NC[C@@H](O)CN1CCc2ccccc2C1)c1cccnc1. The number of hydrogen-bond donors (Lipinski definition) is 2. The molecule has 23 heavy (non-hydrogen) atoms. The number of carbonyl (C=O) groups is 1. The average molecular weight is 311 g/mol. The zero-order valence-electron chi connectivity index (χ0n) is 13.0. The molecule has 1 aliphatic rings. The largest absolute Gasteiger partial charge is 0.390 e. The molecule has 1 atom stereocenters. The molecule has 2 N–H and O–H groups in total. The first kappa shape index (κ1) is 15.6. The minimum atomic E-state index is -0.583. The summed E-state index contributed by atoms with van der Waals surface area (Å²) in [5, 5.41) is 12.9. The van der Waals surface area contributed by atoms with Crippen molar-refractivity contribution >= 4 is 5.91 Å². The number of nitrogens with zero attached hydrogens (tertiary/aromatic N) is 2. The fourth-order valence-corrected chi connectivity index (χ4v) is 2.88. The van der Waals surface area contributed by atoms with E-state index in [9.17, 15) is 9.90 Å². The molecule has 0 spiro atoms. The minimum absolute atomic E-state index is 0.207. The lowest BCUT2D eigenvalue weighted by Crippen LogP contribution is -2.42. The highest BCUT2D eigenvalue weighted by atomic mass is 16.3. The van der Waals surface area contributed by atoms with E-state index in [-0.39, 0.29) is 12.5 Å². The first-order chi connectivity index (χ1) is 11.2. The quantitative estimate of drug-likeness (QED) is 0.872. The molecule has 0 unspecified atom stereocenters. The number of benzene rings is 1. The maximum absolute atomic E-state index is 11.9. The van der Waals surface area contributed by atoms with Gasteiger partial charge in [-0.15, -0.1) is 0 Å². The third kappa shape index (κ3) is 4.15. The van der Waals surface area contributed by atoms with Gasteiger partial charge in [0.25, 0.3) is 5.91 Å². The Bertz CT molecular complexity index is 660. The average Bonchev–Trinajstić information content (AvgIpc) is 2.60. The van der Waals surface area contributed by atoms with Crippen molar-refractivity contribution in [3.8, 4) is 0 Å². The lowest BCUT2D eigenvalue weighted by Gasteiger charge is -2.30. The van der Waals surface area contributed by atoms with Crippen LogP contribution in [0.25, 0.3) is 0 Å². The van der Waals surface area contributed by atoms with Crippen molar-refractivity contribution in [3.63, 3.8) is 0 Å². The van der Waals surface area contributed by atoms with Crippen LogP contribution in [-0.2, 0) is 13.0 Å². The number of aliphatic hydroxyl groups is 1. The Morgan fingerprint density at radius 3 is 2.87 bits per heavy atom. The maximum atomic E-state index is 11.9. The van der Waals surface area contributed by atoms with E-state index in [1.54, 1.807) is 18.3 Å². The predicted octanol–water partition coefficient (Wildman–Crippen LogP) is 1.23. The van der Waals surface area contributed by atoms with Crippen LogP contribution in [0.3, 0.4) is 0 Å². The van der Waals surface area contributed by atoms with E-state index in [0.717, 1.165) is 19.5 Å². The van der Waals surface area contributed by atoms with Gasteiger partial charge in [0.05, 0.1) is 11.7 Å². The molecule has 5 heteroatoms. The number of rotatable bonds is 5. The lowest BCUT2D eigenvalue weighted by atomic mass is 10.00. The summed E-state index contributed by atoms with van der Waals surface area (Å²) in [5.74, 6) is -0.207. The van der Waals surface area contributed by atoms with Crippen molar-refractivity contribution in [3.05, 3.63) is 65.5 Å². The Hall–Kier alpha value is -2.24. The van der Waals surface area contributed by atoms with Crippen molar-refractivity contribution in [2.24, 2.45) is 0 Å². The molecule has 0 bridgehead atoms. The standard InChI is InChI=1S/C18H21N3O2/c22-17(11-20-18(23)15-6-3-8-19-10-15)13-21-9-7-14-4-1-2-5-16(14)12-21/h1-6,8,10,17,22H,7,9,11-13H2,(H,20,23)/t17-/m1/s1. The molecule has 2 heterocycles. The third-order valence-corrected chi connectivity index (χ3v) is 4.10. The van der Waals surface area contributed by atoms with Gasteiger partial charge in [0.15, 0.2) is 0 Å². The van der Waals surface area contributed by atoms with Gasteiger partial charge in [-0.3, -0.25) is 14.7 Å². The third-order valence-electron chi connectivity index (χ3n) is 4.10. The fraction of sp³-hybridized carbons (Fsp3) is 0.333. The van der Waals surface area contributed by atoms with Crippen LogP contribution in [0.5, 0.6) is 0 Å². The van der Waals surface area contributed by atoms with Crippen molar-refractivity contribution in [1.29, 1.82) is 0 Å². The summed E-state index contributed by atoms with van der Waals surface area (Å²) in [6.45, 7) is 2.59. The van der Waals surface area contributed by atoms with Gasteiger partial charge < -0.3 is 10.4 Å². The maximum Gasteiger partial charge on any atom is 0.252 e. The van der Waals surface area contributed by atoms with Crippen LogP contribution in [0.1, 0.15) is 21.5 Å². The number of amides is 1. The zero-order chi connectivity index (χ0) is 16.1. The minimum Gasteiger partial charge on any atom is -0.390 e. The van der Waals surface area contributed by atoms with Crippen LogP contribution < -0.4 is 5.32 Å². The number of aliphatic hydroxyl groups excluding tert-OH is 1. The number of aromatic nitrogens is 1. The molecular weight excluding hydrogens is 290 g/mol. The molecule has 0 saturated carbocycles. The van der Waals surface area contributed by atoms with Gasteiger partial charge in [-0.1, -0.05) is 24.3 Å². The normalized spacial score (nSPS) is 15.7. The topological polar surface area (TPSA) is 65.5 Å². The number of fused-ring (bicyclic) bond motifs is 1. The Kier molecular flexibility index (Phi) is 5.00. The van der Waals surface area contributed by atoms with Crippen molar-refractivity contribution < 1.29 is 9.90 Å². The first-order valence-corrected chi connectivity index (χ1v) is 7.88. The number of β-amino-alcohol motifs (C(OH)–C–C–N with tert-alkyl or cyclic N) is 1. The van der Waals surface area contributed by atoms with Gasteiger partial charge in [0, 0.05) is 38.6 Å². The smallest absolute Gasteiger partial charge is 0.252 e. The molecule has 3 rings (SSSR count). The van der Waals surface area contributed by atoms with Gasteiger partial charge in [-0.05, 0) is 29.7 Å². The molecule has 1 aliphatic heterocycles. The second kappa shape index (κ2) is 7.35. The Morgan fingerprint density at radius 1 is 1.26 bits per heavy atom. The molecular formula is C18H21N3O2. The van der Waals surface area contributed by atoms with Gasteiger partial charge in [0.2, 0.25) is 0 Å². The van der Waals surface area contributed by atoms with Crippen LogP contribution in [-0.4, -0.2) is 46.6 Å². The van der Waals surface area contributed by atoms with Crippen LogP contribution in [0.4, 0.5) is 0 Å². The number of hydrogen-bond acceptors (Lipinski definition) is 4. The van der Waals surface area contributed by atoms with Crippen LogP contribution in [0.15, 0.2) is 48.8 Å². The molecule has 1 aromatic carbocycles. The summed E-state index contributed by atoms with van der Waals surface area (Å²) >= 11 is 0. The van der Waals surface area contributed by atoms with E-state index < -0.39 is 6.10 Å². The van der Waals surface area contributed by atoms with E-state index in [0.29, 0.717) is 12.1 Å². The Morgan fingerprint density at radius 2 is 2.09 bits per heavy atom. The number of carbonyl (C=O) groups excluding carboxylic acids is 1. The van der Waals surface area contributed by atoms with E-state index in [4.69, 9.17) is 0 Å². The Labute approximate surface area is 136 Å². The van der Waals surface area contributed by atoms with Crippen LogP contribution in [0, 0.1) is 0 Å². The molecule has 0 saturated heterocycles. The molecule has 120 valence electrons. The van der Waals surface area contributed by atoms with Gasteiger partial charge in [-0.2, -0.15) is 0 Å². The summed E-state index contributed by atoms with van der Waals surface area (Å²) in [7, 11) is 0. The highest BCUT2D eigenvalue weighted by Gasteiger charge is 2.18. The highest BCUT2D eigenvalue weighted by Crippen LogP contribution is 2.18. The van der Waals surface area contributed by atoms with Gasteiger partial charge >= 0.3 is 0 Å². The van der Waals surface area contributed by atoms with Crippen LogP contribution in [0.2, 0.25) is 0 Å². The molecule has 0 aliphatic carbocycles. The van der Waals surface area contributed by atoms with Crippen molar-refractivity contribution in [2.75, 3.05) is 19.6 Å². The molecule has 2 aromatic rings. The highest BCUT2D eigenvalue weighted by molar-refractivity contribution is 5.93. The molecule has 5 nitrogen and oxygen atoms in total. The summed E-state index contributed by atoms with van der Waals surface area (Å²) in [4.78, 5) is 18.1. The molecule has 1 amide bonds. The molecule has 1 aromatic heterocycles. The first-order valence-electron chi connectivity index (χ1n) is 7.88. The summed E-state index contributed by atoms with van der Waals surface area (Å²) in [6.07, 6.45) is 3.56. The van der Waals surface area contributed by atoms with E-state index >= 15 is 0 Å². The molecule has 0 fully saturated rings. The van der Waals surface area contributed by atoms with E-state index in [2.05, 4.69) is 33.4 Å². The van der Waals surface area contributed by atoms with Crippen molar-refractivity contribution in [1.82, 2.24) is 15.2 Å². The Balaban J connectivity index is 1.47. The van der Waals surface area contributed by atoms with Crippen molar-refractivity contribution in [2.45, 2.75) is 19.1 Å². The predicted molar refractivity (Wildman–Crippen MR) is 88.0 cm³/mol. The van der Waals surface area contributed by atoms with Gasteiger partial charge in [0.1, 0.15) is 0 Å². The second-order valence-electron chi connectivity index (χ2n) is 5.86. The van der Waals surface area contributed by atoms with Crippen LogP contribution >= 0.6 is 0 Å². The summed E-state index contributed by atoms with van der Waals surface area (Å²) in [6, 6.07) is 11.8. The zero-order valence-corrected chi connectivity index (χ0v) is 13.0. The summed E-state index contributed by atoms with van der Waals surface area (Å²) in [5.41, 5.74) is 3.22. The summed E-state index contributed by atoms with van der Waals surface area (Å²) < 4.78 is 0. The van der Waals surface area contributed by atoms with Gasteiger partial charge in [-0.25, -0.2) is 0 Å². The van der Waals surface area contributed by atoms with E-state index in [1.807, 2.05) is 6.07 Å². The monoisotopic (exact) mass is 311 g/mol. The second-order valence-corrected chi connectivity index (χ2v) is 5.86. The fourth-order valence-electron chi connectivity index (χ4n) is 2.88. The lowest BCUT2D eigenvalue weighted by molar-refractivity contribution is 0.0841. The number of nitrogens with one attached hydrogen (secondary N) is 1. The molecule has 0 radical (unpaired) electrons.